The van der Waals surface area contributed by atoms with Crippen molar-refractivity contribution in [3.8, 4) is 11.1 Å². The van der Waals surface area contributed by atoms with Crippen molar-refractivity contribution >= 4 is 0 Å². The van der Waals surface area contributed by atoms with E-state index in [-0.39, 0.29) is 0 Å². The summed E-state index contributed by atoms with van der Waals surface area (Å²) in [4.78, 5) is 0. The molecule has 33 heavy (non-hydrogen) atoms. The number of aryl methyl sites for hydroxylation is 2. The Morgan fingerprint density at radius 1 is 0.606 bits per heavy atom. The zero-order chi connectivity index (χ0) is 23.5. The summed E-state index contributed by atoms with van der Waals surface area (Å²) in [5, 5.41) is 0. The molecule has 2 aromatic carbocycles. The molecule has 0 saturated carbocycles. The highest BCUT2D eigenvalue weighted by molar-refractivity contribution is 5.83. The highest BCUT2D eigenvalue weighted by atomic mass is 14.3. The monoisotopic (exact) mass is 445 g/mol. The second-order valence-corrected chi connectivity index (χ2v) is 10.4. The molecule has 0 unspecified atom stereocenters. The number of fused-ring (bicyclic) bond motifs is 3. The van der Waals surface area contributed by atoms with E-state index in [0.29, 0.717) is 0 Å². The second kappa shape index (κ2) is 14.0. The molecule has 181 valence electrons. The van der Waals surface area contributed by atoms with Gasteiger partial charge in [-0.15, -0.1) is 0 Å². The van der Waals surface area contributed by atoms with Crippen molar-refractivity contribution < 1.29 is 0 Å². The lowest BCUT2D eigenvalue weighted by Crippen LogP contribution is -2.06. The molecule has 1 radical (unpaired) electrons. The zero-order valence-corrected chi connectivity index (χ0v) is 22.3. The van der Waals surface area contributed by atoms with Gasteiger partial charge < -0.3 is 0 Å². The highest BCUT2D eigenvalue weighted by Gasteiger charge is 2.27. The van der Waals surface area contributed by atoms with Gasteiger partial charge in [0, 0.05) is 0 Å². The molecule has 3 rings (SSSR count). The molecule has 0 N–H and O–H groups in total. The Hall–Kier alpha value is -1.56. The number of hydrogen-bond acceptors (Lipinski definition) is 0. The van der Waals surface area contributed by atoms with Crippen LogP contribution in [0.3, 0.4) is 0 Å². The third-order valence-corrected chi connectivity index (χ3v) is 7.63. The van der Waals surface area contributed by atoms with Crippen LogP contribution < -0.4 is 0 Å². The Balaban J connectivity index is 2.08. The maximum atomic E-state index is 4.05. The first-order valence-electron chi connectivity index (χ1n) is 14.4. The van der Waals surface area contributed by atoms with Crippen molar-refractivity contribution in [2.75, 3.05) is 0 Å². The Labute approximate surface area is 205 Å². The van der Waals surface area contributed by atoms with Gasteiger partial charge in [-0.3, -0.25) is 0 Å². The fourth-order valence-electron chi connectivity index (χ4n) is 5.80. The third kappa shape index (κ3) is 6.74. The topological polar surface area (TPSA) is 0 Å². The van der Waals surface area contributed by atoms with Crippen LogP contribution in [0.25, 0.3) is 11.1 Å². The van der Waals surface area contributed by atoms with E-state index in [4.69, 9.17) is 0 Å². The average molecular weight is 446 g/mol. The van der Waals surface area contributed by atoms with Crippen molar-refractivity contribution in [1.29, 1.82) is 0 Å². The van der Waals surface area contributed by atoms with Crippen LogP contribution in [0.5, 0.6) is 0 Å². The minimum atomic E-state index is 1.10. The molecule has 0 heteroatoms. The molecule has 1 aliphatic carbocycles. The van der Waals surface area contributed by atoms with E-state index in [1.165, 1.54) is 108 Å². The molecule has 0 spiro atoms. The van der Waals surface area contributed by atoms with Crippen LogP contribution in [0.15, 0.2) is 18.2 Å². The van der Waals surface area contributed by atoms with Crippen molar-refractivity contribution in [3.05, 3.63) is 57.6 Å². The first-order valence-corrected chi connectivity index (χ1v) is 14.4. The summed E-state index contributed by atoms with van der Waals surface area (Å²) in [6.07, 6.45) is 21.9. The molecule has 0 amide bonds. The number of unbranched alkanes of at least 4 members (excludes halogenated alkanes) is 8. The smallest absolute Gasteiger partial charge is 0.000697 e. The minimum absolute atomic E-state index is 1.10. The Morgan fingerprint density at radius 2 is 1.18 bits per heavy atom. The van der Waals surface area contributed by atoms with Gasteiger partial charge in [0.25, 0.3) is 0 Å². The zero-order valence-electron chi connectivity index (χ0n) is 22.3. The number of rotatable bonds is 16. The van der Waals surface area contributed by atoms with E-state index in [1.807, 2.05) is 0 Å². The first kappa shape index (κ1) is 26.1. The first-order chi connectivity index (χ1) is 16.2. The summed E-state index contributed by atoms with van der Waals surface area (Å²) >= 11 is 0. The molecule has 0 nitrogen and oxygen atoms in total. The van der Waals surface area contributed by atoms with Crippen molar-refractivity contribution in [1.82, 2.24) is 0 Å². The maximum Gasteiger partial charge on any atom is -0.000697 e. The van der Waals surface area contributed by atoms with E-state index in [9.17, 15) is 0 Å². The van der Waals surface area contributed by atoms with Gasteiger partial charge >= 0.3 is 0 Å². The molecule has 0 aliphatic heterocycles. The van der Waals surface area contributed by atoms with E-state index in [0.717, 1.165) is 6.42 Å². The van der Waals surface area contributed by atoms with Gasteiger partial charge in [-0.05, 0) is 108 Å². The van der Waals surface area contributed by atoms with E-state index in [2.05, 4.69) is 52.0 Å². The van der Waals surface area contributed by atoms with Crippen LogP contribution in [-0.2, 0) is 32.1 Å². The molecule has 0 saturated heterocycles. The van der Waals surface area contributed by atoms with Crippen LogP contribution in [0.2, 0.25) is 0 Å². The molecule has 1 aliphatic rings. The van der Waals surface area contributed by atoms with Gasteiger partial charge in [-0.2, -0.15) is 0 Å². The van der Waals surface area contributed by atoms with Gasteiger partial charge in [0.2, 0.25) is 0 Å². The lowest BCUT2D eigenvalue weighted by molar-refractivity contribution is 0.677. The lowest BCUT2D eigenvalue weighted by Gasteiger charge is -2.21. The van der Waals surface area contributed by atoms with E-state index in [1.54, 1.807) is 38.9 Å². The quantitative estimate of drug-likeness (QED) is 0.192. The maximum absolute atomic E-state index is 4.05. The minimum Gasteiger partial charge on any atom is -0.0654 e. The summed E-state index contributed by atoms with van der Waals surface area (Å²) in [7, 11) is 0. The van der Waals surface area contributed by atoms with Crippen LogP contribution in [0.1, 0.15) is 138 Å². The molecule has 0 fully saturated rings. The predicted molar refractivity (Wildman–Crippen MR) is 146 cm³/mol. The predicted octanol–water partition coefficient (Wildman–Crippen LogP) is 9.99. The fraction of sp³-hybridized carbons (Fsp3) is 0.636. The Morgan fingerprint density at radius 3 is 1.82 bits per heavy atom. The molecule has 0 aromatic heterocycles. The summed E-state index contributed by atoms with van der Waals surface area (Å²) in [6.45, 7) is 9.30. The van der Waals surface area contributed by atoms with E-state index >= 15 is 0 Å². The average Bonchev–Trinajstić information content (AvgIpc) is 3.20. The van der Waals surface area contributed by atoms with Crippen molar-refractivity contribution in [2.24, 2.45) is 0 Å². The number of hydrogen-bond donors (Lipinski definition) is 0. The molecular weight excluding hydrogens is 396 g/mol. The number of benzene rings is 2. The van der Waals surface area contributed by atoms with Gasteiger partial charge in [0.1, 0.15) is 0 Å². The standard InChI is InChI=1S/C33H49/c1-5-9-13-18-26-20-17-21-28-25-29-24-27(19-14-10-6-2)30(22-15-11-7-3)31(23-16-12-8-4)33(29)32(26)28/h17,20-21H,5-16,18-19,22-23,25H2,1-4H3. The summed E-state index contributed by atoms with van der Waals surface area (Å²) in [5.74, 6) is 0. The Kier molecular flexibility index (Phi) is 11.0. The van der Waals surface area contributed by atoms with Crippen LogP contribution in [0.4, 0.5) is 0 Å². The van der Waals surface area contributed by atoms with Crippen LogP contribution in [-0.4, -0.2) is 0 Å². The largest absolute Gasteiger partial charge is 0.0654 e. The van der Waals surface area contributed by atoms with Crippen molar-refractivity contribution in [2.45, 2.75) is 137 Å². The van der Waals surface area contributed by atoms with E-state index < -0.39 is 0 Å². The fourth-order valence-corrected chi connectivity index (χ4v) is 5.80. The van der Waals surface area contributed by atoms with Gasteiger partial charge in [-0.25, -0.2) is 0 Å². The third-order valence-electron chi connectivity index (χ3n) is 7.63. The Bertz CT molecular complexity index is 857. The summed E-state index contributed by atoms with van der Waals surface area (Å²) < 4.78 is 0. The van der Waals surface area contributed by atoms with Gasteiger partial charge in [0.05, 0.1) is 0 Å². The van der Waals surface area contributed by atoms with Crippen molar-refractivity contribution in [3.63, 3.8) is 0 Å². The lowest BCUT2D eigenvalue weighted by atomic mass is 9.83. The summed E-state index contributed by atoms with van der Waals surface area (Å²) in [6, 6.07) is 11.2. The molecule has 0 atom stereocenters. The molecule has 0 bridgehead atoms. The SMILES string of the molecule is CCCCCc1[c]c2c(c(CCCCC)c1CCCCC)-c1c(CCCCC)cccc1C2. The van der Waals surface area contributed by atoms with Gasteiger partial charge in [-0.1, -0.05) is 97.3 Å². The van der Waals surface area contributed by atoms with Gasteiger partial charge in [0.15, 0.2) is 0 Å². The normalized spacial score (nSPS) is 12.2. The highest BCUT2D eigenvalue weighted by Crippen LogP contribution is 2.44. The molecular formula is C33H49. The van der Waals surface area contributed by atoms with Crippen LogP contribution in [0, 0.1) is 6.07 Å². The molecule has 2 aromatic rings. The summed E-state index contributed by atoms with van der Waals surface area (Å²) in [5.41, 5.74) is 12.9. The van der Waals surface area contributed by atoms with Crippen LogP contribution >= 0.6 is 0 Å². The second-order valence-electron chi connectivity index (χ2n) is 10.4. The molecule has 0 heterocycles.